The molecule has 1 aromatic rings. The summed E-state index contributed by atoms with van der Waals surface area (Å²) in [6.07, 6.45) is -3.75. The van der Waals surface area contributed by atoms with Crippen molar-refractivity contribution >= 4 is 41.5 Å². The van der Waals surface area contributed by atoms with Crippen molar-refractivity contribution in [2.24, 2.45) is 11.3 Å². The molecule has 3 aliphatic rings. The lowest BCUT2D eigenvalue weighted by atomic mass is 9.86. The second kappa shape index (κ2) is 17.5. The zero-order valence-corrected chi connectivity index (χ0v) is 31.1. The van der Waals surface area contributed by atoms with Gasteiger partial charge in [-0.25, -0.2) is 9.10 Å². The maximum absolute atomic E-state index is 14.5. The molecule has 2 fully saturated rings. The number of carbonyl (C=O) groups is 5. The quantitative estimate of drug-likeness (QED) is 0.148. The molecular formula is C36H53F3N6O5S. The monoisotopic (exact) mass is 738 g/mol. The normalized spacial score (nSPS) is 19.6. The van der Waals surface area contributed by atoms with Crippen molar-refractivity contribution in [1.82, 2.24) is 30.5 Å². The number of hydrogen-bond acceptors (Lipinski definition) is 7. The molecule has 1 saturated heterocycles. The van der Waals surface area contributed by atoms with Gasteiger partial charge in [0.1, 0.15) is 12.1 Å². The van der Waals surface area contributed by atoms with E-state index in [9.17, 15) is 37.1 Å². The summed E-state index contributed by atoms with van der Waals surface area (Å²) in [5, 5.41) is 10.9. The fraction of sp³-hybridized carbons (Fsp3) is 0.694. The number of amides is 5. The number of benzene rings is 1. The number of alkyl halides is 3. The van der Waals surface area contributed by atoms with Gasteiger partial charge in [0, 0.05) is 43.9 Å². The van der Waals surface area contributed by atoms with Crippen molar-refractivity contribution in [3.63, 3.8) is 0 Å². The van der Waals surface area contributed by atoms with Crippen LogP contribution in [-0.2, 0) is 32.0 Å². The maximum Gasteiger partial charge on any atom is 0.389 e. The van der Waals surface area contributed by atoms with Crippen molar-refractivity contribution in [3.8, 4) is 0 Å². The zero-order valence-electron chi connectivity index (χ0n) is 30.2. The SMILES string of the molecule is CCSN(CC)CC(NC(=O)NC(C(=O)N1CCCC1C(=O)NC(CCC(F)(F)F)C(=O)C(=O)NC1CC1)C1Cc2ccccc2C1)C(C)(C)C. The number of fused-ring (bicyclic) bond motifs is 1. The zero-order chi connectivity index (χ0) is 37.5. The highest BCUT2D eigenvalue weighted by Crippen LogP contribution is 2.31. The number of rotatable bonds is 16. The number of urea groups is 1. The molecular weight excluding hydrogens is 685 g/mol. The summed E-state index contributed by atoms with van der Waals surface area (Å²) >= 11 is 1.68. The van der Waals surface area contributed by atoms with E-state index in [1.165, 1.54) is 4.90 Å². The van der Waals surface area contributed by atoms with Crippen LogP contribution < -0.4 is 21.3 Å². The molecule has 15 heteroatoms. The van der Waals surface area contributed by atoms with Crippen molar-refractivity contribution < 1.29 is 37.1 Å². The molecule has 1 heterocycles. The van der Waals surface area contributed by atoms with Crippen LogP contribution in [0.2, 0.25) is 0 Å². The van der Waals surface area contributed by atoms with Gasteiger partial charge in [-0.15, -0.1) is 0 Å². The number of nitrogens with zero attached hydrogens (tertiary/aromatic N) is 2. The molecule has 284 valence electrons. The molecule has 0 spiro atoms. The molecule has 0 radical (unpaired) electrons. The Labute approximate surface area is 303 Å². The molecule has 1 aromatic carbocycles. The van der Waals surface area contributed by atoms with Gasteiger partial charge in [0.25, 0.3) is 5.91 Å². The molecule has 0 bridgehead atoms. The van der Waals surface area contributed by atoms with E-state index in [4.69, 9.17) is 0 Å². The number of halogens is 3. The summed E-state index contributed by atoms with van der Waals surface area (Å²) in [7, 11) is 0. The summed E-state index contributed by atoms with van der Waals surface area (Å²) in [5.41, 5.74) is 1.82. The summed E-state index contributed by atoms with van der Waals surface area (Å²) in [5.74, 6) is -2.90. The second-order valence-corrected chi connectivity index (χ2v) is 16.2. The number of likely N-dealkylation sites (N-methyl/N-ethyl adjacent to an activating group) is 1. The van der Waals surface area contributed by atoms with Gasteiger partial charge in [-0.05, 0) is 67.4 Å². The van der Waals surface area contributed by atoms with E-state index in [0.717, 1.165) is 23.4 Å². The molecule has 4 atom stereocenters. The Balaban J connectivity index is 1.53. The van der Waals surface area contributed by atoms with Crippen molar-refractivity contribution in [2.45, 2.75) is 122 Å². The van der Waals surface area contributed by atoms with Crippen LogP contribution in [0.15, 0.2) is 24.3 Å². The third-order valence-corrected chi connectivity index (χ3v) is 10.9. The molecule has 11 nitrogen and oxygen atoms in total. The minimum absolute atomic E-state index is 0.185. The smallest absolute Gasteiger partial charge is 0.347 e. The Bertz CT molecular complexity index is 1390. The van der Waals surface area contributed by atoms with E-state index < -0.39 is 66.7 Å². The number of hydrogen-bond donors (Lipinski definition) is 4. The second-order valence-electron chi connectivity index (χ2n) is 14.9. The van der Waals surface area contributed by atoms with E-state index in [-0.39, 0.29) is 36.4 Å². The third-order valence-electron chi connectivity index (χ3n) is 9.83. The summed E-state index contributed by atoms with van der Waals surface area (Å²) < 4.78 is 41.7. The Kier molecular flexibility index (Phi) is 13.8. The van der Waals surface area contributed by atoms with Crippen LogP contribution in [0.5, 0.6) is 0 Å². The van der Waals surface area contributed by atoms with E-state index in [1.807, 2.05) is 45.0 Å². The first-order chi connectivity index (χ1) is 24.0. The molecule has 4 unspecified atom stereocenters. The number of likely N-dealkylation sites (tertiary alicyclic amines) is 1. The Morgan fingerprint density at radius 3 is 2.16 bits per heavy atom. The van der Waals surface area contributed by atoms with Gasteiger partial charge in [0.2, 0.25) is 17.6 Å². The van der Waals surface area contributed by atoms with Gasteiger partial charge in [0.15, 0.2) is 0 Å². The van der Waals surface area contributed by atoms with Crippen molar-refractivity contribution in [2.75, 3.05) is 25.4 Å². The van der Waals surface area contributed by atoms with Gasteiger partial charge in [-0.3, -0.25) is 19.2 Å². The number of Topliss-reactive ketones (excluding diaryl/α,β-unsaturated/α-hetero) is 1. The molecule has 4 rings (SSSR count). The molecule has 51 heavy (non-hydrogen) atoms. The Hall–Kier alpha value is -3.33. The van der Waals surface area contributed by atoms with Gasteiger partial charge in [-0.2, -0.15) is 13.2 Å². The topological polar surface area (TPSA) is 140 Å². The third kappa shape index (κ3) is 11.6. The fourth-order valence-electron chi connectivity index (χ4n) is 6.72. The number of nitrogens with one attached hydrogen (secondary N) is 4. The lowest BCUT2D eigenvalue weighted by molar-refractivity contribution is -0.147. The van der Waals surface area contributed by atoms with Gasteiger partial charge < -0.3 is 26.2 Å². The fourth-order valence-corrected chi connectivity index (χ4v) is 7.52. The predicted octanol–water partition coefficient (Wildman–Crippen LogP) is 4.14. The minimum Gasteiger partial charge on any atom is -0.347 e. The van der Waals surface area contributed by atoms with E-state index in [0.29, 0.717) is 38.6 Å². The van der Waals surface area contributed by atoms with Gasteiger partial charge in [-0.1, -0.05) is 70.8 Å². The highest BCUT2D eigenvalue weighted by atomic mass is 32.2. The maximum atomic E-state index is 14.5. The molecule has 5 amide bonds. The number of ketones is 1. The first kappa shape index (κ1) is 40.4. The number of carbonyl (C=O) groups excluding carboxylic acids is 5. The van der Waals surface area contributed by atoms with E-state index >= 15 is 0 Å². The van der Waals surface area contributed by atoms with Gasteiger partial charge in [0.05, 0.1) is 6.04 Å². The van der Waals surface area contributed by atoms with E-state index in [2.05, 4.69) is 39.4 Å². The summed E-state index contributed by atoms with van der Waals surface area (Å²) in [6.45, 7) is 11.8. The van der Waals surface area contributed by atoms with Crippen molar-refractivity contribution in [1.29, 1.82) is 0 Å². The van der Waals surface area contributed by atoms with Crippen LogP contribution in [0.1, 0.15) is 84.3 Å². The molecule has 1 aliphatic heterocycles. The van der Waals surface area contributed by atoms with Crippen LogP contribution in [0.25, 0.3) is 0 Å². The average Bonchev–Trinajstić information content (AvgIpc) is 3.55. The average molecular weight is 739 g/mol. The first-order valence-corrected chi connectivity index (χ1v) is 19.0. The van der Waals surface area contributed by atoms with Crippen LogP contribution >= 0.6 is 11.9 Å². The van der Waals surface area contributed by atoms with Crippen molar-refractivity contribution in [3.05, 3.63) is 35.4 Å². The predicted molar refractivity (Wildman–Crippen MR) is 190 cm³/mol. The van der Waals surface area contributed by atoms with Gasteiger partial charge >= 0.3 is 12.2 Å². The summed E-state index contributed by atoms with van der Waals surface area (Å²) in [4.78, 5) is 68.7. The standard InChI is InChI=1S/C36H53F3N6O5S/c1-6-44(51-7-2)21-28(35(3,4)5)42-34(50)43-29(24-19-22-11-8-9-12-23(22)20-24)33(49)45-18-10-13-27(45)31(47)41-26(16-17-36(37,38)39)30(46)32(48)40-25-14-15-25/h8-9,11-12,24-29H,6-7,10,13-21H2,1-5H3,(H,40,48)(H,41,47)(H2,42,43,50). The van der Waals surface area contributed by atoms with E-state index in [1.54, 1.807) is 11.9 Å². The molecule has 0 aromatic heterocycles. The molecule has 4 N–H and O–H groups in total. The Morgan fingerprint density at radius 2 is 1.61 bits per heavy atom. The minimum atomic E-state index is -4.61. The highest BCUT2D eigenvalue weighted by molar-refractivity contribution is 7.96. The molecule has 2 aliphatic carbocycles. The first-order valence-electron chi connectivity index (χ1n) is 18.0. The van der Waals surface area contributed by atoms with Crippen LogP contribution in [0.3, 0.4) is 0 Å². The van der Waals surface area contributed by atoms with Crippen LogP contribution in [0.4, 0.5) is 18.0 Å². The van der Waals surface area contributed by atoms with Crippen LogP contribution in [-0.4, -0.2) is 101 Å². The summed E-state index contributed by atoms with van der Waals surface area (Å²) in [6, 6.07) is 3.03. The lowest BCUT2D eigenvalue weighted by Gasteiger charge is -2.36. The van der Waals surface area contributed by atoms with Crippen LogP contribution in [0, 0.1) is 11.3 Å². The largest absolute Gasteiger partial charge is 0.389 e. The highest BCUT2D eigenvalue weighted by Gasteiger charge is 2.44. The Morgan fingerprint density at radius 1 is 0.961 bits per heavy atom. The molecule has 1 saturated carbocycles. The lowest BCUT2D eigenvalue weighted by Crippen LogP contribution is -2.60.